The third-order valence-corrected chi connectivity index (χ3v) is 4.60. The molecular weight excluding hydrogens is 270 g/mol. The number of aliphatic carboxylic acids is 1. The minimum Gasteiger partial charge on any atom is -0.492 e. The van der Waals surface area contributed by atoms with Gasteiger partial charge in [-0.1, -0.05) is 18.2 Å². The van der Waals surface area contributed by atoms with Crippen molar-refractivity contribution in [1.29, 1.82) is 0 Å². The van der Waals surface area contributed by atoms with Crippen LogP contribution in [0.1, 0.15) is 25.3 Å². The lowest BCUT2D eigenvalue weighted by Gasteiger charge is -2.35. The zero-order chi connectivity index (χ0) is 15.0. The number of nitrogens with zero attached hydrogens (tertiary/aromatic N) is 1. The lowest BCUT2D eigenvalue weighted by Crippen LogP contribution is -2.53. The van der Waals surface area contributed by atoms with Gasteiger partial charge in [0, 0.05) is 6.54 Å². The first kappa shape index (κ1) is 13.9. The molecule has 0 saturated carbocycles. The molecule has 2 aliphatic heterocycles. The average Bonchev–Trinajstić information content (AvgIpc) is 2.89. The molecule has 2 heterocycles. The van der Waals surface area contributed by atoms with E-state index in [0.29, 0.717) is 26.0 Å². The number of carboxylic acids is 1. The molecule has 0 spiro atoms. The van der Waals surface area contributed by atoms with Crippen molar-refractivity contribution in [3.63, 3.8) is 0 Å². The molecule has 1 amide bonds. The highest BCUT2D eigenvalue weighted by atomic mass is 16.5. The number of carboxylic acid groups (broad SMARTS) is 1. The molecule has 2 atom stereocenters. The summed E-state index contributed by atoms with van der Waals surface area (Å²) >= 11 is 0. The standard InChI is InChI=1S/C16H19NO4/c1-16(15(19)20)7-4-8-17(16)14(18)12-9-11-5-2-3-6-13(11)21-10-12/h2-3,5-6,12H,4,7-10H2,1H3,(H,19,20). The summed E-state index contributed by atoms with van der Waals surface area (Å²) in [7, 11) is 0. The lowest BCUT2D eigenvalue weighted by molar-refractivity contribution is -0.157. The summed E-state index contributed by atoms with van der Waals surface area (Å²) < 4.78 is 5.65. The molecule has 2 unspecified atom stereocenters. The van der Waals surface area contributed by atoms with E-state index in [9.17, 15) is 14.7 Å². The number of hydrogen-bond donors (Lipinski definition) is 1. The van der Waals surface area contributed by atoms with Crippen LogP contribution in [-0.2, 0) is 16.0 Å². The van der Waals surface area contributed by atoms with Crippen LogP contribution in [0.3, 0.4) is 0 Å². The second-order valence-electron chi connectivity index (χ2n) is 5.99. The molecule has 1 N–H and O–H groups in total. The van der Waals surface area contributed by atoms with E-state index in [1.54, 1.807) is 6.92 Å². The highest BCUT2D eigenvalue weighted by molar-refractivity contribution is 5.89. The number of benzene rings is 1. The fourth-order valence-corrected chi connectivity index (χ4v) is 3.25. The maximum atomic E-state index is 12.7. The number of hydrogen-bond acceptors (Lipinski definition) is 3. The number of fused-ring (bicyclic) bond motifs is 1. The van der Waals surface area contributed by atoms with E-state index in [1.165, 1.54) is 4.90 Å². The third-order valence-electron chi connectivity index (χ3n) is 4.60. The van der Waals surface area contributed by atoms with Crippen molar-refractivity contribution in [2.24, 2.45) is 5.92 Å². The summed E-state index contributed by atoms with van der Waals surface area (Å²) in [5.74, 6) is -0.502. The second-order valence-corrected chi connectivity index (χ2v) is 5.99. The molecule has 0 bridgehead atoms. The predicted molar refractivity (Wildman–Crippen MR) is 76.1 cm³/mol. The number of likely N-dealkylation sites (tertiary alicyclic amines) is 1. The molecule has 1 fully saturated rings. The van der Waals surface area contributed by atoms with E-state index in [0.717, 1.165) is 17.7 Å². The number of ether oxygens (including phenoxy) is 1. The van der Waals surface area contributed by atoms with Crippen molar-refractivity contribution in [1.82, 2.24) is 4.90 Å². The van der Waals surface area contributed by atoms with Gasteiger partial charge >= 0.3 is 5.97 Å². The van der Waals surface area contributed by atoms with Crippen molar-refractivity contribution in [3.8, 4) is 5.75 Å². The maximum absolute atomic E-state index is 12.7. The fraction of sp³-hybridized carbons (Fsp3) is 0.500. The zero-order valence-corrected chi connectivity index (χ0v) is 12.0. The Labute approximate surface area is 123 Å². The Morgan fingerprint density at radius 3 is 2.90 bits per heavy atom. The number of carbonyl (C=O) groups is 2. The summed E-state index contributed by atoms with van der Waals surface area (Å²) in [5, 5.41) is 9.42. The molecule has 2 aliphatic rings. The van der Waals surface area contributed by atoms with Gasteiger partial charge in [0.1, 0.15) is 17.9 Å². The number of carbonyl (C=O) groups excluding carboxylic acids is 1. The van der Waals surface area contributed by atoms with Gasteiger partial charge in [0.15, 0.2) is 0 Å². The van der Waals surface area contributed by atoms with E-state index in [4.69, 9.17) is 4.74 Å². The minimum absolute atomic E-state index is 0.105. The topological polar surface area (TPSA) is 66.8 Å². The van der Waals surface area contributed by atoms with Crippen molar-refractivity contribution < 1.29 is 19.4 Å². The van der Waals surface area contributed by atoms with Crippen LogP contribution >= 0.6 is 0 Å². The summed E-state index contributed by atoms with van der Waals surface area (Å²) in [6.45, 7) is 2.47. The Balaban J connectivity index is 1.79. The van der Waals surface area contributed by atoms with E-state index < -0.39 is 11.5 Å². The van der Waals surface area contributed by atoms with Crippen molar-refractivity contribution in [2.75, 3.05) is 13.2 Å². The van der Waals surface area contributed by atoms with Crippen LogP contribution in [0.2, 0.25) is 0 Å². The minimum atomic E-state index is -1.08. The van der Waals surface area contributed by atoms with Crippen molar-refractivity contribution >= 4 is 11.9 Å². The van der Waals surface area contributed by atoms with Crippen molar-refractivity contribution in [3.05, 3.63) is 29.8 Å². The van der Waals surface area contributed by atoms with Crippen LogP contribution in [0, 0.1) is 5.92 Å². The number of para-hydroxylation sites is 1. The van der Waals surface area contributed by atoms with Gasteiger partial charge in [-0.2, -0.15) is 0 Å². The highest BCUT2D eigenvalue weighted by Crippen LogP contribution is 2.33. The molecule has 1 aromatic rings. The Bertz CT molecular complexity index is 585. The first-order valence-electron chi connectivity index (χ1n) is 7.28. The molecule has 1 aromatic carbocycles. The predicted octanol–water partition coefficient (Wildman–Crippen LogP) is 1.70. The molecule has 21 heavy (non-hydrogen) atoms. The van der Waals surface area contributed by atoms with Gasteiger partial charge in [0.05, 0.1) is 5.92 Å². The van der Waals surface area contributed by atoms with E-state index in [1.807, 2.05) is 24.3 Å². The summed E-state index contributed by atoms with van der Waals surface area (Å²) in [4.78, 5) is 25.7. The van der Waals surface area contributed by atoms with Crippen LogP contribution in [0.5, 0.6) is 5.75 Å². The monoisotopic (exact) mass is 289 g/mol. The lowest BCUT2D eigenvalue weighted by atomic mass is 9.93. The fourth-order valence-electron chi connectivity index (χ4n) is 3.25. The van der Waals surface area contributed by atoms with Gasteiger partial charge in [0.25, 0.3) is 0 Å². The summed E-state index contributed by atoms with van der Waals surface area (Å²) in [6, 6.07) is 7.68. The van der Waals surface area contributed by atoms with E-state index in [2.05, 4.69) is 0 Å². The van der Waals surface area contributed by atoms with Gasteiger partial charge in [0.2, 0.25) is 5.91 Å². The molecular formula is C16H19NO4. The quantitative estimate of drug-likeness (QED) is 0.900. The second kappa shape index (κ2) is 5.06. The first-order chi connectivity index (χ1) is 10.0. The van der Waals surface area contributed by atoms with Crippen LogP contribution in [0.15, 0.2) is 24.3 Å². The van der Waals surface area contributed by atoms with Crippen LogP contribution in [-0.4, -0.2) is 40.6 Å². The maximum Gasteiger partial charge on any atom is 0.329 e. The zero-order valence-electron chi connectivity index (χ0n) is 12.0. The van der Waals surface area contributed by atoms with Crippen LogP contribution in [0.4, 0.5) is 0 Å². The highest BCUT2D eigenvalue weighted by Gasteiger charge is 2.47. The van der Waals surface area contributed by atoms with E-state index in [-0.39, 0.29) is 11.8 Å². The normalized spacial score (nSPS) is 27.9. The largest absolute Gasteiger partial charge is 0.492 e. The first-order valence-corrected chi connectivity index (χ1v) is 7.28. The number of rotatable bonds is 2. The SMILES string of the molecule is CC1(C(=O)O)CCCN1C(=O)C1COc2ccccc2C1. The van der Waals surface area contributed by atoms with Gasteiger partial charge < -0.3 is 14.7 Å². The Kier molecular flexibility index (Phi) is 3.35. The molecule has 0 aromatic heterocycles. The van der Waals surface area contributed by atoms with E-state index >= 15 is 0 Å². The summed E-state index contributed by atoms with van der Waals surface area (Å²) in [6.07, 6.45) is 1.86. The smallest absolute Gasteiger partial charge is 0.329 e. The molecule has 0 aliphatic carbocycles. The Morgan fingerprint density at radius 1 is 1.38 bits per heavy atom. The molecule has 5 nitrogen and oxygen atoms in total. The molecule has 1 saturated heterocycles. The van der Waals surface area contributed by atoms with Gasteiger partial charge in [-0.15, -0.1) is 0 Å². The van der Waals surface area contributed by atoms with Gasteiger partial charge in [-0.25, -0.2) is 4.79 Å². The Hall–Kier alpha value is -2.04. The molecule has 5 heteroatoms. The van der Waals surface area contributed by atoms with Gasteiger partial charge in [-0.3, -0.25) is 4.79 Å². The van der Waals surface area contributed by atoms with Crippen molar-refractivity contribution in [2.45, 2.75) is 31.7 Å². The van der Waals surface area contributed by atoms with Gasteiger partial charge in [-0.05, 0) is 37.8 Å². The third kappa shape index (κ3) is 2.26. The van der Waals surface area contributed by atoms with Crippen LogP contribution < -0.4 is 4.74 Å². The molecule has 0 radical (unpaired) electrons. The summed E-state index contributed by atoms with van der Waals surface area (Å²) in [5.41, 5.74) is -0.0630. The molecule has 3 rings (SSSR count). The molecule has 112 valence electrons. The average molecular weight is 289 g/mol. The van der Waals surface area contributed by atoms with Crippen LogP contribution in [0.25, 0.3) is 0 Å². The Morgan fingerprint density at radius 2 is 2.14 bits per heavy atom. The number of amides is 1.